The molecule has 0 saturated carbocycles. The minimum absolute atomic E-state index is 0.118. The Kier molecular flexibility index (Phi) is 3.25. The highest BCUT2D eigenvalue weighted by Crippen LogP contribution is 2.28. The van der Waals surface area contributed by atoms with Gasteiger partial charge < -0.3 is 4.74 Å². The van der Waals surface area contributed by atoms with Crippen molar-refractivity contribution in [2.45, 2.75) is 25.9 Å². The van der Waals surface area contributed by atoms with Gasteiger partial charge in [-0.3, -0.25) is 0 Å². The van der Waals surface area contributed by atoms with Gasteiger partial charge in [-0.25, -0.2) is 0 Å². The van der Waals surface area contributed by atoms with Crippen molar-refractivity contribution in [2.75, 3.05) is 6.61 Å². The van der Waals surface area contributed by atoms with Crippen LogP contribution in [0.4, 0.5) is 0 Å². The van der Waals surface area contributed by atoms with Gasteiger partial charge in [0, 0.05) is 6.61 Å². The second-order valence-corrected chi connectivity index (χ2v) is 4.31. The molecule has 84 valence electrons. The van der Waals surface area contributed by atoms with E-state index < -0.39 is 0 Å². The average molecular weight is 214 g/mol. The van der Waals surface area contributed by atoms with E-state index in [1.807, 2.05) is 13.0 Å². The van der Waals surface area contributed by atoms with Gasteiger partial charge in [-0.2, -0.15) is 0 Å². The summed E-state index contributed by atoms with van der Waals surface area (Å²) in [4.78, 5) is 0. The molecule has 1 aliphatic rings. The fourth-order valence-electron chi connectivity index (χ4n) is 2.00. The largest absolute Gasteiger partial charge is 0.371 e. The quantitative estimate of drug-likeness (QED) is 0.743. The molecule has 16 heavy (non-hydrogen) atoms. The van der Waals surface area contributed by atoms with E-state index in [0.717, 1.165) is 13.0 Å². The lowest BCUT2D eigenvalue weighted by molar-refractivity contribution is 0.0156. The molecule has 0 radical (unpaired) electrons. The van der Waals surface area contributed by atoms with E-state index >= 15 is 0 Å². The third kappa shape index (κ3) is 2.42. The molecule has 0 bridgehead atoms. The molecule has 1 atom stereocenters. The lowest BCUT2D eigenvalue weighted by Crippen LogP contribution is -2.26. The van der Waals surface area contributed by atoms with Crippen molar-refractivity contribution in [3.8, 4) is 0 Å². The zero-order valence-electron chi connectivity index (χ0n) is 9.94. The normalized spacial score (nSPS) is 24.2. The van der Waals surface area contributed by atoms with Crippen LogP contribution in [0.2, 0.25) is 0 Å². The number of hydrogen-bond acceptors (Lipinski definition) is 1. The molecule has 0 saturated heterocycles. The number of ether oxygens (including phenoxy) is 1. The standard InChI is InChI=1S/C15H18O/c1-3-16-15(2)11-9-14(10-12-15)13-7-5-4-6-8-13/h4-11H,3,12H2,1-2H3. The van der Waals surface area contributed by atoms with E-state index in [2.05, 4.69) is 49.4 Å². The van der Waals surface area contributed by atoms with E-state index in [4.69, 9.17) is 4.74 Å². The molecule has 1 unspecified atom stereocenters. The van der Waals surface area contributed by atoms with Gasteiger partial charge in [-0.15, -0.1) is 0 Å². The number of allylic oxidation sites excluding steroid dienone is 2. The third-order valence-corrected chi connectivity index (χ3v) is 2.92. The van der Waals surface area contributed by atoms with Crippen LogP contribution in [0.5, 0.6) is 0 Å². The number of hydrogen-bond donors (Lipinski definition) is 0. The van der Waals surface area contributed by atoms with Crippen molar-refractivity contribution >= 4 is 5.57 Å². The summed E-state index contributed by atoms with van der Waals surface area (Å²) in [7, 11) is 0. The summed E-state index contributed by atoms with van der Waals surface area (Å²) in [6.07, 6.45) is 7.53. The molecule has 1 aliphatic carbocycles. The summed E-state index contributed by atoms with van der Waals surface area (Å²) in [5, 5.41) is 0. The summed E-state index contributed by atoms with van der Waals surface area (Å²) in [6.45, 7) is 4.93. The highest BCUT2D eigenvalue weighted by molar-refractivity contribution is 5.75. The van der Waals surface area contributed by atoms with E-state index in [1.54, 1.807) is 0 Å². The van der Waals surface area contributed by atoms with E-state index in [0.29, 0.717) is 0 Å². The molecular formula is C15H18O. The highest BCUT2D eigenvalue weighted by atomic mass is 16.5. The third-order valence-electron chi connectivity index (χ3n) is 2.92. The maximum absolute atomic E-state index is 5.72. The number of benzene rings is 1. The van der Waals surface area contributed by atoms with Crippen LogP contribution in [0, 0.1) is 0 Å². The predicted molar refractivity (Wildman–Crippen MR) is 68.2 cm³/mol. The summed E-state index contributed by atoms with van der Waals surface area (Å²) >= 11 is 0. The van der Waals surface area contributed by atoms with Crippen LogP contribution in [0.3, 0.4) is 0 Å². The summed E-state index contributed by atoms with van der Waals surface area (Å²) in [5.74, 6) is 0. The van der Waals surface area contributed by atoms with Crippen molar-refractivity contribution < 1.29 is 4.74 Å². The van der Waals surface area contributed by atoms with Gasteiger partial charge in [0.05, 0.1) is 5.60 Å². The van der Waals surface area contributed by atoms with Crippen molar-refractivity contribution in [2.24, 2.45) is 0 Å². The first-order valence-corrected chi connectivity index (χ1v) is 5.82. The van der Waals surface area contributed by atoms with E-state index in [-0.39, 0.29) is 5.60 Å². The van der Waals surface area contributed by atoms with Crippen LogP contribution in [0.25, 0.3) is 5.57 Å². The molecule has 0 spiro atoms. The van der Waals surface area contributed by atoms with Crippen molar-refractivity contribution in [1.82, 2.24) is 0 Å². The van der Waals surface area contributed by atoms with Crippen LogP contribution < -0.4 is 0 Å². The van der Waals surface area contributed by atoms with Crippen LogP contribution in [-0.2, 0) is 4.74 Å². The van der Waals surface area contributed by atoms with Crippen molar-refractivity contribution in [3.05, 3.63) is 54.1 Å². The minimum atomic E-state index is -0.118. The van der Waals surface area contributed by atoms with Gasteiger partial charge >= 0.3 is 0 Å². The molecule has 0 amide bonds. The molecule has 0 N–H and O–H groups in total. The predicted octanol–water partition coefficient (Wildman–Crippen LogP) is 3.83. The van der Waals surface area contributed by atoms with Gasteiger partial charge in [0.25, 0.3) is 0 Å². The lowest BCUT2D eigenvalue weighted by atomic mass is 9.91. The van der Waals surface area contributed by atoms with Crippen molar-refractivity contribution in [3.63, 3.8) is 0 Å². The lowest BCUT2D eigenvalue weighted by Gasteiger charge is -2.27. The molecular weight excluding hydrogens is 196 g/mol. The van der Waals surface area contributed by atoms with Gasteiger partial charge in [0.2, 0.25) is 0 Å². The van der Waals surface area contributed by atoms with Gasteiger partial charge in [-0.1, -0.05) is 48.6 Å². The first-order valence-electron chi connectivity index (χ1n) is 5.82. The smallest absolute Gasteiger partial charge is 0.0872 e. The van der Waals surface area contributed by atoms with Gasteiger partial charge in [0.15, 0.2) is 0 Å². The highest BCUT2D eigenvalue weighted by Gasteiger charge is 2.22. The van der Waals surface area contributed by atoms with Crippen LogP contribution in [-0.4, -0.2) is 12.2 Å². The molecule has 1 nitrogen and oxygen atoms in total. The number of rotatable bonds is 3. The topological polar surface area (TPSA) is 9.23 Å². The van der Waals surface area contributed by atoms with E-state index in [1.165, 1.54) is 11.1 Å². The molecule has 0 aromatic heterocycles. The van der Waals surface area contributed by atoms with Gasteiger partial charge in [0.1, 0.15) is 0 Å². The molecule has 1 heteroatoms. The molecule has 0 aliphatic heterocycles. The first kappa shape index (κ1) is 11.2. The Balaban J connectivity index is 2.14. The van der Waals surface area contributed by atoms with Crippen LogP contribution >= 0.6 is 0 Å². The van der Waals surface area contributed by atoms with Crippen molar-refractivity contribution in [1.29, 1.82) is 0 Å². The molecule has 2 rings (SSSR count). The van der Waals surface area contributed by atoms with E-state index in [9.17, 15) is 0 Å². The Morgan fingerprint density at radius 1 is 1.25 bits per heavy atom. The molecule has 1 aromatic carbocycles. The molecule has 1 aromatic rings. The Morgan fingerprint density at radius 3 is 2.56 bits per heavy atom. The molecule has 0 heterocycles. The summed E-state index contributed by atoms with van der Waals surface area (Å²) in [5.41, 5.74) is 2.45. The Hall–Kier alpha value is -1.34. The summed E-state index contributed by atoms with van der Waals surface area (Å²) < 4.78 is 5.72. The maximum atomic E-state index is 5.72. The van der Waals surface area contributed by atoms with Crippen LogP contribution in [0.1, 0.15) is 25.8 Å². The zero-order chi connectivity index (χ0) is 11.4. The Bertz CT molecular complexity index is 403. The second-order valence-electron chi connectivity index (χ2n) is 4.31. The fourth-order valence-corrected chi connectivity index (χ4v) is 2.00. The minimum Gasteiger partial charge on any atom is -0.371 e. The molecule has 0 fully saturated rings. The maximum Gasteiger partial charge on any atom is 0.0872 e. The fraction of sp³-hybridized carbons (Fsp3) is 0.333. The summed E-state index contributed by atoms with van der Waals surface area (Å²) in [6, 6.07) is 10.5. The van der Waals surface area contributed by atoms with Crippen LogP contribution in [0.15, 0.2) is 48.6 Å². The van der Waals surface area contributed by atoms with Gasteiger partial charge in [-0.05, 0) is 31.4 Å². The Morgan fingerprint density at radius 2 is 2.00 bits per heavy atom. The monoisotopic (exact) mass is 214 g/mol. The zero-order valence-corrected chi connectivity index (χ0v) is 9.94. The first-order chi connectivity index (χ1) is 7.73. The Labute approximate surface area is 97.4 Å². The SMILES string of the molecule is CCOC1(C)C=CC(c2ccccc2)=CC1. The second kappa shape index (κ2) is 4.67. The average Bonchev–Trinajstić information content (AvgIpc) is 2.31.